The van der Waals surface area contributed by atoms with Gasteiger partial charge in [0.1, 0.15) is 0 Å². The monoisotopic (exact) mass is 360 g/mol. The zero-order valence-electron chi connectivity index (χ0n) is 15.1. The molecule has 0 fully saturated rings. The van der Waals surface area contributed by atoms with Crippen molar-refractivity contribution < 1.29 is 0 Å². The molecule has 27 heavy (non-hydrogen) atoms. The Labute approximate surface area is 156 Å². The second kappa shape index (κ2) is 7.07. The summed E-state index contributed by atoms with van der Waals surface area (Å²) in [4.78, 5) is 30.2. The maximum absolute atomic E-state index is 13.2. The topological polar surface area (TPSA) is 61.8 Å². The number of aromatic nitrogens is 4. The number of rotatable bonds is 5. The van der Waals surface area contributed by atoms with Crippen molar-refractivity contribution in [3.63, 3.8) is 0 Å². The van der Waals surface area contributed by atoms with E-state index in [1.807, 2.05) is 60.2 Å². The highest BCUT2D eigenvalue weighted by molar-refractivity contribution is 5.78. The van der Waals surface area contributed by atoms with Gasteiger partial charge < -0.3 is 4.57 Å². The summed E-state index contributed by atoms with van der Waals surface area (Å²) in [6, 6.07) is 14.7. The van der Waals surface area contributed by atoms with Crippen LogP contribution in [0.4, 0.5) is 0 Å². The lowest BCUT2D eigenvalue weighted by Crippen LogP contribution is -2.39. The van der Waals surface area contributed by atoms with Crippen LogP contribution in [0.3, 0.4) is 0 Å². The van der Waals surface area contributed by atoms with Crippen LogP contribution in [-0.2, 0) is 13.1 Å². The van der Waals surface area contributed by atoms with E-state index in [1.54, 1.807) is 23.2 Å². The highest BCUT2D eigenvalue weighted by atomic mass is 16.2. The van der Waals surface area contributed by atoms with Gasteiger partial charge >= 0.3 is 5.69 Å². The minimum atomic E-state index is -0.312. The molecule has 0 aliphatic carbocycles. The van der Waals surface area contributed by atoms with Crippen LogP contribution < -0.4 is 11.2 Å². The largest absolute Gasteiger partial charge is 0.337 e. The summed E-state index contributed by atoms with van der Waals surface area (Å²) >= 11 is 0. The van der Waals surface area contributed by atoms with Crippen molar-refractivity contribution in [1.82, 2.24) is 18.7 Å². The Morgan fingerprint density at radius 3 is 2.48 bits per heavy atom. The Morgan fingerprint density at radius 2 is 1.74 bits per heavy atom. The van der Waals surface area contributed by atoms with E-state index in [1.165, 1.54) is 4.57 Å². The normalized spacial score (nSPS) is 11.1. The smallest absolute Gasteiger partial charge is 0.336 e. The third-order valence-electron chi connectivity index (χ3n) is 4.70. The van der Waals surface area contributed by atoms with Gasteiger partial charge in [0, 0.05) is 25.5 Å². The van der Waals surface area contributed by atoms with Crippen molar-refractivity contribution in [2.24, 2.45) is 0 Å². The molecule has 2 aromatic carbocycles. The second-order valence-corrected chi connectivity index (χ2v) is 6.58. The SMILES string of the molecule is Cc1ccc(-n2c(=O)c3ccccc3n(CCCn3ccnc3)c2=O)cc1. The minimum Gasteiger partial charge on any atom is -0.337 e. The maximum Gasteiger partial charge on any atom is 0.336 e. The molecule has 4 rings (SSSR count). The molecule has 0 amide bonds. The van der Waals surface area contributed by atoms with Gasteiger partial charge in [-0.3, -0.25) is 9.36 Å². The van der Waals surface area contributed by atoms with E-state index in [2.05, 4.69) is 4.98 Å². The quantitative estimate of drug-likeness (QED) is 0.550. The molecule has 0 saturated heterocycles. The van der Waals surface area contributed by atoms with Crippen molar-refractivity contribution in [3.05, 3.63) is 93.7 Å². The van der Waals surface area contributed by atoms with Crippen molar-refractivity contribution in [1.29, 1.82) is 0 Å². The van der Waals surface area contributed by atoms with E-state index in [9.17, 15) is 9.59 Å². The molecule has 6 heteroatoms. The van der Waals surface area contributed by atoms with Crippen LogP contribution >= 0.6 is 0 Å². The molecule has 0 atom stereocenters. The van der Waals surface area contributed by atoms with Gasteiger partial charge in [-0.15, -0.1) is 0 Å². The van der Waals surface area contributed by atoms with Gasteiger partial charge in [0.15, 0.2) is 0 Å². The molecule has 0 N–H and O–H groups in total. The lowest BCUT2D eigenvalue weighted by atomic mass is 10.2. The summed E-state index contributed by atoms with van der Waals surface area (Å²) in [5.41, 5.74) is 1.73. The molecule has 6 nitrogen and oxygen atoms in total. The fraction of sp³-hybridized carbons (Fsp3) is 0.190. The molecule has 0 saturated carbocycles. The Bertz CT molecular complexity index is 1190. The number of para-hydroxylation sites is 1. The van der Waals surface area contributed by atoms with E-state index in [-0.39, 0.29) is 11.2 Å². The number of imidazole rings is 1. The summed E-state index contributed by atoms with van der Waals surface area (Å²) < 4.78 is 4.93. The van der Waals surface area contributed by atoms with E-state index in [0.29, 0.717) is 23.1 Å². The van der Waals surface area contributed by atoms with E-state index < -0.39 is 0 Å². The van der Waals surface area contributed by atoms with Crippen molar-refractivity contribution in [3.8, 4) is 5.69 Å². The van der Waals surface area contributed by atoms with Gasteiger partial charge in [-0.1, -0.05) is 29.8 Å². The first-order chi connectivity index (χ1) is 13.1. The Balaban J connectivity index is 1.83. The van der Waals surface area contributed by atoms with Crippen LogP contribution in [-0.4, -0.2) is 18.7 Å². The van der Waals surface area contributed by atoms with Crippen LogP contribution in [0.2, 0.25) is 0 Å². The standard InChI is InChI=1S/C21H20N4O2/c1-16-7-9-17(10-8-16)25-20(26)18-5-2-3-6-19(18)24(21(25)27)13-4-12-23-14-11-22-15-23/h2-3,5-11,14-15H,4,12-13H2,1H3. The summed E-state index contributed by atoms with van der Waals surface area (Å²) in [5.74, 6) is 0. The first-order valence-electron chi connectivity index (χ1n) is 8.92. The number of aryl methyl sites for hydroxylation is 3. The predicted molar refractivity (Wildman–Crippen MR) is 105 cm³/mol. The summed E-state index contributed by atoms with van der Waals surface area (Å²) in [6.07, 6.45) is 6.15. The average Bonchev–Trinajstić information content (AvgIpc) is 3.19. The average molecular weight is 360 g/mol. The molecule has 4 aromatic rings. The molecule has 2 aromatic heterocycles. The minimum absolute atomic E-state index is 0.287. The van der Waals surface area contributed by atoms with Gasteiger partial charge in [-0.05, 0) is 37.6 Å². The Hall–Kier alpha value is -3.41. The molecule has 2 heterocycles. The molecular weight excluding hydrogens is 340 g/mol. The fourth-order valence-electron chi connectivity index (χ4n) is 3.29. The van der Waals surface area contributed by atoms with E-state index in [4.69, 9.17) is 0 Å². The van der Waals surface area contributed by atoms with Crippen LogP contribution in [0.1, 0.15) is 12.0 Å². The Morgan fingerprint density at radius 1 is 0.963 bits per heavy atom. The van der Waals surface area contributed by atoms with Crippen LogP contribution in [0.15, 0.2) is 76.8 Å². The van der Waals surface area contributed by atoms with Crippen LogP contribution in [0.25, 0.3) is 16.6 Å². The third-order valence-corrected chi connectivity index (χ3v) is 4.70. The van der Waals surface area contributed by atoms with Gasteiger partial charge in [-0.2, -0.15) is 0 Å². The van der Waals surface area contributed by atoms with Gasteiger partial charge in [-0.25, -0.2) is 14.3 Å². The van der Waals surface area contributed by atoms with Crippen molar-refractivity contribution in [2.45, 2.75) is 26.4 Å². The number of hydrogen-bond donors (Lipinski definition) is 0. The molecule has 0 spiro atoms. The van der Waals surface area contributed by atoms with Crippen LogP contribution in [0, 0.1) is 6.92 Å². The maximum atomic E-state index is 13.2. The van der Waals surface area contributed by atoms with Crippen LogP contribution in [0.5, 0.6) is 0 Å². The first-order valence-corrected chi connectivity index (χ1v) is 8.92. The summed E-state index contributed by atoms with van der Waals surface area (Å²) in [7, 11) is 0. The highest BCUT2D eigenvalue weighted by Crippen LogP contribution is 2.11. The molecule has 0 unspecified atom stereocenters. The van der Waals surface area contributed by atoms with Crippen molar-refractivity contribution >= 4 is 10.9 Å². The first kappa shape index (κ1) is 17.0. The fourth-order valence-corrected chi connectivity index (χ4v) is 3.29. The number of nitrogens with zero attached hydrogens (tertiary/aromatic N) is 4. The van der Waals surface area contributed by atoms with E-state index >= 15 is 0 Å². The molecule has 0 aliphatic rings. The Kier molecular flexibility index (Phi) is 4.46. The van der Waals surface area contributed by atoms with E-state index in [0.717, 1.165) is 18.5 Å². The molecule has 0 bridgehead atoms. The number of benzene rings is 2. The molecule has 0 aliphatic heterocycles. The summed E-state index contributed by atoms with van der Waals surface area (Å²) in [6.45, 7) is 3.25. The molecule has 136 valence electrons. The third kappa shape index (κ3) is 3.21. The zero-order chi connectivity index (χ0) is 18.8. The highest BCUT2D eigenvalue weighted by Gasteiger charge is 2.14. The van der Waals surface area contributed by atoms with Gasteiger partial charge in [0.05, 0.1) is 22.9 Å². The number of hydrogen-bond acceptors (Lipinski definition) is 3. The van der Waals surface area contributed by atoms with Gasteiger partial charge in [0.25, 0.3) is 5.56 Å². The van der Waals surface area contributed by atoms with Gasteiger partial charge in [0.2, 0.25) is 0 Å². The number of fused-ring (bicyclic) bond motifs is 1. The second-order valence-electron chi connectivity index (χ2n) is 6.58. The molecular formula is C21H20N4O2. The predicted octanol–water partition coefficient (Wildman–Crippen LogP) is 2.75. The molecule has 0 radical (unpaired) electrons. The summed E-state index contributed by atoms with van der Waals surface area (Å²) in [5, 5.41) is 0.542. The van der Waals surface area contributed by atoms with Crippen molar-refractivity contribution in [2.75, 3.05) is 0 Å². The zero-order valence-corrected chi connectivity index (χ0v) is 15.1. The lowest BCUT2D eigenvalue weighted by molar-refractivity contribution is 0.549. The lowest BCUT2D eigenvalue weighted by Gasteiger charge is -2.14.